The van der Waals surface area contributed by atoms with Crippen LogP contribution in [0.2, 0.25) is 5.02 Å². The zero-order valence-electron chi connectivity index (χ0n) is 13.7. The Kier molecular flexibility index (Phi) is 5.35. The van der Waals surface area contributed by atoms with Crippen LogP contribution < -0.4 is 10.1 Å². The third-order valence-corrected chi connectivity index (χ3v) is 3.85. The lowest BCUT2D eigenvalue weighted by Gasteiger charge is -2.03. The first-order valence-corrected chi connectivity index (χ1v) is 8.19. The summed E-state index contributed by atoms with van der Waals surface area (Å²) in [7, 11) is 1.62. The van der Waals surface area contributed by atoms with Gasteiger partial charge in [0.15, 0.2) is 0 Å². The molecule has 7 nitrogen and oxygen atoms in total. The van der Waals surface area contributed by atoms with Gasteiger partial charge in [-0.15, -0.1) is 0 Å². The molecule has 25 heavy (non-hydrogen) atoms. The molecule has 1 amide bonds. The van der Waals surface area contributed by atoms with E-state index in [1.165, 1.54) is 0 Å². The molecule has 1 aromatic carbocycles. The number of nitrogens with zero attached hydrogens (tertiary/aromatic N) is 3. The average Bonchev–Trinajstić information content (AvgIpc) is 3.28. The average molecular weight is 360 g/mol. The van der Waals surface area contributed by atoms with Gasteiger partial charge in [-0.25, -0.2) is 0 Å². The van der Waals surface area contributed by atoms with E-state index in [-0.39, 0.29) is 5.91 Å². The number of nitrogens with one attached hydrogen (secondary N) is 2. The van der Waals surface area contributed by atoms with E-state index in [0.717, 1.165) is 17.7 Å². The zero-order chi connectivity index (χ0) is 17.6. The van der Waals surface area contributed by atoms with Gasteiger partial charge in [0.25, 0.3) is 5.91 Å². The second-order valence-corrected chi connectivity index (χ2v) is 5.86. The molecule has 2 heterocycles. The van der Waals surface area contributed by atoms with Gasteiger partial charge in [-0.05, 0) is 36.8 Å². The zero-order valence-corrected chi connectivity index (χ0v) is 14.5. The summed E-state index contributed by atoms with van der Waals surface area (Å²) in [6.45, 7) is 1.22. The van der Waals surface area contributed by atoms with Crippen molar-refractivity contribution < 1.29 is 9.53 Å². The summed E-state index contributed by atoms with van der Waals surface area (Å²) < 4.78 is 6.87. The van der Waals surface area contributed by atoms with E-state index in [1.807, 2.05) is 24.3 Å². The predicted octanol–water partition coefficient (Wildman–Crippen LogP) is 2.76. The predicted molar refractivity (Wildman–Crippen MR) is 94.8 cm³/mol. The van der Waals surface area contributed by atoms with Crippen LogP contribution in [0.1, 0.15) is 16.9 Å². The molecular weight excluding hydrogens is 342 g/mol. The summed E-state index contributed by atoms with van der Waals surface area (Å²) in [5.74, 6) is 0.585. The molecular formula is C17H18ClN5O2. The van der Waals surface area contributed by atoms with Gasteiger partial charge < -0.3 is 10.1 Å². The molecule has 0 spiro atoms. The molecule has 8 heteroatoms. The first-order chi connectivity index (χ1) is 12.2. The molecule has 0 unspecified atom stereocenters. The molecule has 2 aromatic heterocycles. The Bertz CT molecular complexity index is 841. The summed E-state index contributed by atoms with van der Waals surface area (Å²) in [6, 6.07) is 9.22. The van der Waals surface area contributed by atoms with E-state index in [2.05, 4.69) is 20.6 Å². The number of carbonyl (C=O) groups excluding carboxylic acids is 1. The van der Waals surface area contributed by atoms with Crippen molar-refractivity contribution in [2.75, 3.05) is 13.7 Å². The number of halogens is 1. The molecule has 0 aliphatic rings. The Morgan fingerprint density at radius 3 is 2.84 bits per heavy atom. The lowest BCUT2D eigenvalue weighted by Crippen LogP contribution is -2.25. The fourth-order valence-electron chi connectivity index (χ4n) is 2.35. The SMILES string of the molecule is COc1ccc(-c2cc(C(=O)NCCCn3cc(Cl)cn3)[nH]n2)cc1. The number of aromatic amines is 1. The molecule has 2 N–H and O–H groups in total. The number of ether oxygens (including phenoxy) is 1. The normalized spacial score (nSPS) is 10.6. The van der Waals surface area contributed by atoms with Crippen molar-refractivity contribution in [1.82, 2.24) is 25.3 Å². The van der Waals surface area contributed by atoms with Gasteiger partial charge in [-0.2, -0.15) is 10.2 Å². The second-order valence-electron chi connectivity index (χ2n) is 5.43. The molecule has 130 valence electrons. The van der Waals surface area contributed by atoms with Crippen molar-refractivity contribution in [2.24, 2.45) is 0 Å². The topological polar surface area (TPSA) is 84.8 Å². The fourth-order valence-corrected chi connectivity index (χ4v) is 2.50. The quantitative estimate of drug-likeness (QED) is 0.635. The first kappa shape index (κ1) is 17.0. The van der Waals surface area contributed by atoms with Crippen LogP contribution in [-0.2, 0) is 6.54 Å². The molecule has 0 radical (unpaired) electrons. The number of rotatable bonds is 7. The number of hydrogen-bond donors (Lipinski definition) is 2. The van der Waals surface area contributed by atoms with Gasteiger partial charge in [-0.1, -0.05) is 11.6 Å². The Morgan fingerprint density at radius 1 is 1.36 bits per heavy atom. The van der Waals surface area contributed by atoms with Crippen LogP contribution in [0.15, 0.2) is 42.7 Å². The largest absolute Gasteiger partial charge is 0.497 e. The highest BCUT2D eigenvalue weighted by atomic mass is 35.5. The van der Waals surface area contributed by atoms with Crippen LogP contribution in [0.5, 0.6) is 5.75 Å². The van der Waals surface area contributed by atoms with Crippen molar-refractivity contribution in [3.05, 3.63) is 53.4 Å². The number of hydrogen-bond acceptors (Lipinski definition) is 4. The molecule has 3 aromatic rings. The van der Waals surface area contributed by atoms with Crippen LogP contribution in [0, 0.1) is 0 Å². The molecule has 0 saturated carbocycles. The van der Waals surface area contributed by atoms with Gasteiger partial charge in [0.05, 0.1) is 24.0 Å². The van der Waals surface area contributed by atoms with E-state index in [0.29, 0.717) is 29.5 Å². The summed E-state index contributed by atoms with van der Waals surface area (Å²) in [4.78, 5) is 12.2. The minimum Gasteiger partial charge on any atom is -0.497 e. The lowest BCUT2D eigenvalue weighted by molar-refractivity contribution is 0.0947. The van der Waals surface area contributed by atoms with E-state index >= 15 is 0 Å². The van der Waals surface area contributed by atoms with Gasteiger partial charge >= 0.3 is 0 Å². The first-order valence-electron chi connectivity index (χ1n) is 7.81. The molecule has 0 fully saturated rings. The highest BCUT2D eigenvalue weighted by Gasteiger charge is 2.10. The fraction of sp³-hybridized carbons (Fsp3) is 0.235. The monoisotopic (exact) mass is 359 g/mol. The summed E-state index contributed by atoms with van der Waals surface area (Å²) >= 11 is 5.80. The summed E-state index contributed by atoms with van der Waals surface area (Å²) in [5, 5.41) is 14.5. The van der Waals surface area contributed by atoms with Gasteiger partial charge in [0.1, 0.15) is 11.4 Å². The third-order valence-electron chi connectivity index (χ3n) is 3.66. The van der Waals surface area contributed by atoms with E-state index in [9.17, 15) is 4.79 Å². The van der Waals surface area contributed by atoms with Crippen LogP contribution in [0.4, 0.5) is 0 Å². The van der Waals surface area contributed by atoms with Crippen molar-refractivity contribution >= 4 is 17.5 Å². The Balaban J connectivity index is 1.51. The highest BCUT2D eigenvalue weighted by molar-refractivity contribution is 6.30. The maximum Gasteiger partial charge on any atom is 0.269 e. The van der Waals surface area contributed by atoms with Crippen molar-refractivity contribution in [1.29, 1.82) is 0 Å². The molecule has 0 aliphatic carbocycles. The van der Waals surface area contributed by atoms with Gasteiger partial charge in [-0.3, -0.25) is 14.6 Å². The minimum atomic E-state index is -0.189. The standard InChI is InChI=1S/C17H18ClN5O2/c1-25-14-5-3-12(4-6-14)15-9-16(22-21-15)17(24)19-7-2-8-23-11-13(18)10-20-23/h3-6,9-11H,2,7-8H2,1H3,(H,19,24)(H,21,22). The molecule has 0 bridgehead atoms. The van der Waals surface area contributed by atoms with Crippen LogP contribution in [-0.4, -0.2) is 39.5 Å². The summed E-state index contributed by atoms with van der Waals surface area (Å²) in [6.07, 6.45) is 4.09. The maximum absolute atomic E-state index is 12.2. The number of carbonyl (C=O) groups is 1. The second kappa shape index (κ2) is 7.85. The van der Waals surface area contributed by atoms with E-state index < -0.39 is 0 Å². The number of aromatic nitrogens is 4. The Hall–Kier alpha value is -2.80. The number of amides is 1. The van der Waals surface area contributed by atoms with E-state index in [4.69, 9.17) is 16.3 Å². The van der Waals surface area contributed by atoms with Crippen LogP contribution >= 0.6 is 11.6 Å². The maximum atomic E-state index is 12.2. The third kappa shape index (κ3) is 4.39. The molecule has 0 aliphatic heterocycles. The summed E-state index contributed by atoms with van der Waals surface area (Å²) in [5.41, 5.74) is 2.04. The number of H-pyrrole nitrogens is 1. The molecule has 0 saturated heterocycles. The van der Waals surface area contributed by atoms with Crippen LogP contribution in [0.3, 0.4) is 0 Å². The van der Waals surface area contributed by atoms with Crippen LogP contribution in [0.25, 0.3) is 11.3 Å². The number of aryl methyl sites for hydroxylation is 1. The van der Waals surface area contributed by atoms with Gasteiger partial charge in [0.2, 0.25) is 0 Å². The molecule has 3 rings (SSSR count). The highest BCUT2D eigenvalue weighted by Crippen LogP contribution is 2.21. The van der Waals surface area contributed by atoms with E-state index in [1.54, 1.807) is 30.3 Å². The molecule has 0 atom stereocenters. The van der Waals surface area contributed by atoms with Gasteiger partial charge in [0, 0.05) is 24.8 Å². The Morgan fingerprint density at radius 2 is 2.16 bits per heavy atom. The number of methoxy groups -OCH3 is 1. The smallest absolute Gasteiger partial charge is 0.269 e. The Labute approximate surface area is 150 Å². The minimum absolute atomic E-state index is 0.189. The van der Waals surface area contributed by atoms with Crippen molar-refractivity contribution in [3.63, 3.8) is 0 Å². The lowest BCUT2D eigenvalue weighted by atomic mass is 10.1. The van der Waals surface area contributed by atoms with Crippen molar-refractivity contribution in [3.8, 4) is 17.0 Å². The number of benzene rings is 1. The van der Waals surface area contributed by atoms with Crippen molar-refractivity contribution in [2.45, 2.75) is 13.0 Å².